The molecule has 3 aromatic carbocycles. The lowest BCUT2D eigenvalue weighted by Gasteiger charge is -2.17. The summed E-state index contributed by atoms with van der Waals surface area (Å²) in [6.45, 7) is 0. The molecule has 3 rings (SSSR count). The predicted octanol–water partition coefficient (Wildman–Crippen LogP) is 4.44. The van der Waals surface area contributed by atoms with Crippen LogP contribution in [0.5, 0.6) is 17.2 Å². The summed E-state index contributed by atoms with van der Waals surface area (Å²) in [6.07, 6.45) is 0.0740. The first-order chi connectivity index (χ1) is 16.8. The molecule has 3 aromatic rings. The van der Waals surface area contributed by atoms with Gasteiger partial charge in [-0.3, -0.25) is 4.79 Å². The summed E-state index contributed by atoms with van der Waals surface area (Å²) < 4.78 is 16.6. The second kappa shape index (κ2) is 11.4. The third kappa shape index (κ3) is 5.91. The summed E-state index contributed by atoms with van der Waals surface area (Å²) in [6, 6.07) is 16.2. The van der Waals surface area contributed by atoms with Gasteiger partial charge in [-0.15, -0.1) is 0 Å². The number of carbonyl (C=O) groups is 2. The van der Waals surface area contributed by atoms with Gasteiger partial charge in [-0.05, 0) is 57.4 Å². The fourth-order valence-electron chi connectivity index (χ4n) is 3.55. The van der Waals surface area contributed by atoms with Crippen LogP contribution < -0.4 is 19.5 Å². The molecular formula is C26H23BrN2O6. The summed E-state index contributed by atoms with van der Waals surface area (Å²) in [5.41, 5.74) is 2.82. The minimum Gasteiger partial charge on any atom is -0.497 e. The smallest absolute Gasteiger partial charge is 0.326 e. The highest BCUT2D eigenvalue weighted by molar-refractivity contribution is 9.10. The number of hydrogen-bond donors (Lipinski definition) is 2. The van der Waals surface area contributed by atoms with Crippen molar-refractivity contribution in [3.05, 3.63) is 75.8 Å². The normalized spacial score (nSPS) is 11.2. The van der Waals surface area contributed by atoms with Gasteiger partial charge >= 0.3 is 5.97 Å². The molecule has 0 aromatic heterocycles. The molecule has 1 atom stereocenters. The maximum Gasteiger partial charge on any atom is 0.326 e. The topological polar surface area (TPSA) is 118 Å². The Morgan fingerprint density at radius 2 is 1.63 bits per heavy atom. The summed E-state index contributed by atoms with van der Waals surface area (Å²) >= 11 is 3.31. The number of hydrogen-bond acceptors (Lipinski definition) is 6. The first kappa shape index (κ1) is 25.6. The van der Waals surface area contributed by atoms with Gasteiger partial charge in [0.25, 0.3) is 5.91 Å². The van der Waals surface area contributed by atoms with Gasteiger partial charge in [0.05, 0.1) is 44.1 Å². The molecule has 1 unspecified atom stereocenters. The maximum absolute atomic E-state index is 12.8. The van der Waals surface area contributed by atoms with Crippen LogP contribution in [-0.2, 0) is 11.2 Å². The number of carboxylic acid groups (broad SMARTS) is 1. The molecular weight excluding hydrogens is 516 g/mol. The van der Waals surface area contributed by atoms with E-state index in [0.29, 0.717) is 38.4 Å². The second-order valence-electron chi connectivity index (χ2n) is 7.48. The van der Waals surface area contributed by atoms with E-state index in [1.54, 1.807) is 48.5 Å². The number of aliphatic carboxylic acids is 1. The standard InChI is InChI=1S/C26H23BrN2O6/c1-33-18-8-9-20(27)19(13-18)25(30)29-21(26(31)32)10-15-4-6-17(7-5-15)24-22(34-2)11-16(14-28)12-23(24)35-3/h4-9,11-13,21H,10H2,1-3H3,(H,29,30)(H,31,32). The Hall–Kier alpha value is -4.03. The van der Waals surface area contributed by atoms with Gasteiger partial charge in [-0.1, -0.05) is 24.3 Å². The number of carboxylic acids is 1. The highest BCUT2D eigenvalue weighted by Gasteiger charge is 2.23. The third-order valence-corrected chi connectivity index (χ3v) is 6.03. The molecule has 0 saturated heterocycles. The van der Waals surface area contributed by atoms with Gasteiger partial charge in [0.1, 0.15) is 23.3 Å². The Bertz CT molecular complexity index is 1260. The number of benzene rings is 3. The highest BCUT2D eigenvalue weighted by atomic mass is 79.9. The van der Waals surface area contributed by atoms with Crippen LogP contribution >= 0.6 is 15.9 Å². The lowest BCUT2D eigenvalue weighted by atomic mass is 9.98. The quantitative estimate of drug-likeness (QED) is 0.413. The molecule has 35 heavy (non-hydrogen) atoms. The van der Waals surface area contributed by atoms with E-state index in [2.05, 4.69) is 27.3 Å². The molecule has 0 spiro atoms. The molecule has 180 valence electrons. The molecule has 0 aliphatic rings. The lowest BCUT2D eigenvalue weighted by Crippen LogP contribution is -2.42. The first-order valence-corrected chi connectivity index (χ1v) is 11.2. The third-order valence-electron chi connectivity index (χ3n) is 5.34. The number of rotatable bonds is 9. The highest BCUT2D eigenvalue weighted by Crippen LogP contribution is 2.39. The summed E-state index contributed by atoms with van der Waals surface area (Å²) in [5.74, 6) is -0.250. The Balaban J connectivity index is 1.84. The number of amides is 1. The van der Waals surface area contributed by atoms with Crippen LogP contribution in [0, 0.1) is 11.3 Å². The molecule has 0 aliphatic heterocycles. The minimum absolute atomic E-state index is 0.0740. The van der Waals surface area contributed by atoms with Crippen LogP contribution in [0.2, 0.25) is 0 Å². The first-order valence-electron chi connectivity index (χ1n) is 10.4. The Morgan fingerprint density at radius 1 is 1.00 bits per heavy atom. The summed E-state index contributed by atoms with van der Waals surface area (Å²) in [5, 5.41) is 21.5. The van der Waals surface area contributed by atoms with E-state index in [1.165, 1.54) is 27.4 Å². The van der Waals surface area contributed by atoms with Crippen molar-refractivity contribution < 1.29 is 28.9 Å². The monoisotopic (exact) mass is 538 g/mol. The molecule has 0 saturated carbocycles. The molecule has 0 aliphatic carbocycles. The van der Waals surface area contributed by atoms with Crippen molar-refractivity contribution in [2.45, 2.75) is 12.5 Å². The maximum atomic E-state index is 12.8. The van der Waals surface area contributed by atoms with E-state index in [0.717, 1.165) is 5.56 Å². The average Bonchev–Trinajstić information content (AvgIpc) is 2.87. The summed E-state index contributed by atoms with van der Waals surface area (Å²) in [4.78, 5) is 24.6. The van der Waals surface area contributed by atoms with Crippen molar-refractivity contribution in [1.82, 2.24) is 5.32 Å². The number of halogens is 1. The SMILES string of the molecule is COc1ccc(Br)c(C(=O)NC(Cc2ccc(-c3c(OC)cc(C#N)cc3OC)cc2)C(=O)O)c1. The van der Waals surface area contributed by atoms with Gasteiger partial charge in [-0.2, -0.15) is 5.26 Å². The van der Waals surface area contributed by atoms with Gasteiger partial charge in [0.2, 0.25) is 0 Å². The van der Waals surface area contributed by atoms with Crippen LogP contribution in [0.3, 0.4) is 0 Å². The van der Waals surface area contributed by atoms with Gasteiger partial charge < -0.3 is 24.6 Å². The van der Waals surface area contributed by atoms with Crippen LogP contribution in [0.15, 0.2) is 59.1 Å². The minimum atomic E-state index is -1.16. The zero-order chi connectivity index (χ0) is 25.5. The zero-order valence-electron chi connectivity index (χ0n) is 19.3. The predicted molar refractivity (Wildman–Crippen MR) is 133 cm³/mol. The molecule has 0 radical (unpaired) electrons. The van der Waals surface area contributed by atoms with Crippen molar-refractivity contribution in [3.63, 3.8) is 0 Å². The number of nitrogens with zero attached hydrogens (tertiary/aromatic N) is 1. The van der Waals surface area contributed by atoms with E-state index in [1.807, 2.05) is 0 Å². The van der Waals surface area contributed by atoms with Crippen molar-refractivity contribution in [1.29, 1.82) is 5.26 Å². The van der Waals surface area contributed by atoms with Crippen LogP contribution in [-0.4, -0.2) is 44.4 Å². The molecule has 8 nitrogen and oxygen atoms in total. The number of ether oxygens (including phenoxy) is 3. The molecule has 9 heteroatoms. The largest absolute Gasteiger partial charge is 0.497 e. The lowest BCUT2D eigenvalue weighted by molar-refractivity contribution is -0.139. The molecule has 0 heterocycles. The van der Waals surface area contributed by atoms with E-state index >= 15 is 0 Å². The van der Waals surface area contributed by atoms with E-state index < -0.39 is 17.9 Å². The van der Waals surface area contributed by atoms with Gasteiger partial charge in [0, 0.05) is 10.9 Å². The van der Waals surface area contributed by atoms with Gasteiger partial charge in [0.15, 0.2) is 0 Å². The fraction of sp³-hybridized carbons (Fsp3) is 0.192. The summed E-state index contributed by atoms with van der Waals surface area (Å²) in [7, 11) is 4.50. The van der Waals surface area contributed by atoms with Crippen molar-refractivity contribution in [3.8, 4) is 34.4 Å². The Labute approximate surface area is 211 Å². The average molecular weight is 539 g/mol. The van der Waals surface area contributed by atoms with E-state index in [-0.39, 0.29) is 12.0 Å². The molecule has 0 fully saturated rings. The molecule has 1 amide bonds. The number of nitriles is 1. The van der Waals surface area contributed by atoms with Gasteiger partial charge in [-0.25, -0.2) is 4.79 Å². The number of nitrogens with one attached hydrogen (secondary N) is 1. The van der Waals surface area contributed by atoms with Crippen molar-refractivity contribution in [2.24, 2.45) is 0 Å². The van der Waals surface area contributed by atoms with Crippen molar-refractivity contribution >= 4 is 27.8 Å². The van der Waals surface area contributed by atoms with Crippen LogP contribution in [0.4, 0.5) is 0 Å². The Kier molecular flexibility index (Phi) is 8.34. The molecule has 2 N–H and O–H groups in total. The Morgan fingerprint density at radius 3 is 2.14 bits per heavy atom. The zero-order valence-corrected chi connectivity index (χ0v) is 20.9. The van der Waals surface area contributed by atoms with E-state index in [9.17, 15) is 20.0 Å². The van der Waals surface area contributed by atoms with Crippen molar-refractivity contribution in [2.75, 3.05) is 21.3 Å². The number of methoxy groups -OCH3 is 3. The fourth-order valence-corrected chi connectivity index (χ4v) is 3.97. The molecule has 0 bridgehead atoms. The van der Waals surface area contributed by atoms with Crippen LogP contribution in [0.25, 0.3) is 11.1 Å². The van der Waals surface area contributed by atoms with Crippen LogP contribution in [0.1, 0.15) is 21.5 Å². The second-order valence-corrected chi connectivity index (χ2v) is 8.33. The number of carbonyl (C=O) groups excluding carboxylic acids is 1. The van der Waals surface area contributed by atoms with E-state index in [4.69, 9.17) is 14.2 Å².